The number of halogens is 1. The molecule has 1 fully saturated rings. The number of aromatic nitrogens is 1. The maximum absolute atomic E-state index is 14.1. The Hall–Kier alpha value is -1.65. The van der Waals surface area contributed by atoms with Crippen LogP contribution in [0.4, 0.5) is 10.2 Å². The van der Waals surface area contributed by atoms with Gasteiger partial charge in [-0.15, -0.1) is 0 Å². The van der Waals surface area contributed by atoms with Gasteiger partial charge in [-0.05, 0) is 24.8 Å². The van der Waals surface area contributed by atoms with Crippen LogP contribution >= 0.6 is 0 Å². The van der Waals surface area contributed by atoms with E-state index in [0.29, 0.717) is 12.5 Å². The molecule has 104 valence electrons. The van der Waals surface area contributed by atoms with E-state index in [9.17, 15) is 9.18 Å². The summed E-state index contributed by atoms with van der Waals surface area (Å²) in [6.07, 6.45) is 4.38. The molecule has 2 atom stereocenters. The van der Waals surface area contributed by atoms with Gasteiger partial charge < -0.3 is 10.6 Å². The minimum atomic E-state index is -0.567. The molecule has 0 aromatic carbocycles. The Kier molecular flexibility index (Phi) is 4.35. The van der Waals surface area contributed by atoms with Gasteiger partial charge >= 0.3 is 0 Å². The molecule has 2 unspecified atom stereocenters. The van der Waals surface area contributed by atoms with Crippen LogP contribution in [0.5, 0.6) is 0 Å². The summed E-state index contributed by atoms with van der Waals surface area (Å²) in [5, 5.41) is 5.74. The molecule has 1 aliphatic carbocycles. The highest BCUT2D eigenvalue weighted by atomic mass is 19.1. The van der Waals surface area contributed by atoms with Gasteiger partial charge in [0, 0.05) is 18.8 Å². The number of hydrogen-bond donors (Lipinski definition) is 2. The summed E-state index contributed by atoms with van der Waals surface area (Å²) in [6, 6.07) is 1.63. The van der Waals surface area contributed by atoms with Crippen LogP contribution in [0.2, 0.25) is 0 Å². The summed E-state index contributed by atoms with van der Waals surface area (Å²) in [5.41, 5.74) is 0.0651. The summed E-state index contributed by atoms with van der Waals surface area (Å²) in [6.45, 7) is 4.71. The zero-order valence-corrected chi connectivity index (χ0v) is 11.4. The summed E-state index contributed by atoms with van der Waals surface area (Å²) >= 11 is 0. The Morgan fingerprint density at radius 3 is 2.95 bits per heavy atom. The minimum absolute atomic E-state index is 0.0651. The highest BCUT2D eigenvalue weighted by molar-refractivity contribution is 5.95. The van der Waals surface area contributed by atoms with Crippen molar-refractivity contribution in [3.63, 3.8) is 0 Å². The second-order valence-electron chi connectivity index (χ2n) is 4.93. The smallest absolute Gasteiger partial charge is 0.254 e. The molecule has 19 heavy (non-hydrogen) atoms. The Morgan fingerprint density at radius 1 is 1.53 bits per heavy atom. The monoisotopic (exact) mass is 265 g/mol. The predicted molar refractivity (Wildman–Crippen MR) is 72.6 cm³/mol. The molecule has 0 aliphatic heterocycles. The third-order valence-corrected chi connectivity index (χ3v) is 3.44. The van der Waals surface area contributed by atoms with E-state index in [1.54, 1.807) is 0 Å². The van der Waals surface area contributed by atoms with Crippen molar-refractivity contribution < 1.29 is 9.18 Å². The van der Waals surface area contributed by atoms with Gasteiger partial charge in [0.2, 0.25) is 0 Å². The van der Waals surface area contributed by atoms with Crippen LogP contribution in [-0.2, 0) is 0 Å². The van der Waals surface area contributed by atoms with Gasteiger partial charge in [0.25, 0.3) is 5.91 Å². The van der Waals surface area contributed by atoms with E-state index in [4.69, 9.17) is 0 Å². The van der Waals surface area contributed by atoms with Crippen molar-refractivity contribution in [3.05, 3.63) is 23.6 Å². The topological polar surface area (TPSA) is 54.0 Å². The molecule has 0 saturated heterocycles. The first-order valence-corrected chi connectivity index (χ1v) is 6.86. The van der Waals surface area contributed by atoms with Gasteiger partial charge in [-0.1, -0.05) is 20.3 Å². The number of amides is 1. The van der Waals surface area contributed by atoms with Crippen molar-refractivity contribution in [2.45, 2.75) is 39.2 Å². The highest BCUT2D eigenvalue weighted by Gasteiger charge is 2.37. The number of carbonyl (C=O) groups excluding carboxylic acids is 1. The fourth-order valence-electron chi connectivity index (χ4n) is 2.11. The molecule has 0 radical (unpaired) electrons. The minimum Gasteiger partial charge on any atom is -0.368 e. The normalized spacial score (nSPS) is 21.0. The molecule has 1 heterocycles. The predicted octanol–water partition coefficient (Wildman–Crippen LogP) is 2.57. The standard InChI is InChI=1S/C14H20FN3O/c1-3-6-16-13-12(15)10(5-7-17-13)14(19)18-11-8-9(11)4-2/h5,7,9,11H,3-4,6,8H2,1-2H3,(H,16,17)(H,18,19). The molecule has 1 saturated carbocycles. The molecule has 1 aromatic heterocycles. The number of carbonyl (C=O) groups is 1. The van der Waals surface area contributed by atoms with E-state index in [0.717, 1.165) is 19.3 Å². The second kappa shape index (κ2) is 5.99. The molecule has 2 N–H and O–H groups in total. The Balaban J connectivity index is 2.04. The third kappa shape index (κ3) is 3.22. The van der Waals surface area contributed by atoms with E-state index in [1.807, 2.05) is 6.92 Å². The molecule has 1 aliphatic rings. The average molecular weight is 265 g/mol. The number of pyridine rings is 1. The lowest BCUT2D eigenvalue weighted by Gasteiger charge is -2.09. The van der Waals surface area contributed by atoms with E-state index >= 15 is 0 Å². The van der Waals surface area contributed by atoms with Crippen LogP contribution < -0.4 is 10.6 Å². The maximum atomic E-state index is 14.1. The lowest BCUT2D eigenvalue weighted by atomic mass is 10.2. The fraction of sp³-hybridized carbons (Fsp3) is 0.571. The van der Waals surface area contributed by atoms with Crippen LogP contribution in [0, 0.1) is 11.7 Å². The van der Waals surface area contributed by atoms with Gasteiger partial charge in [0.15, 0.2) is 11.6 Å². The first-order valence-electron chi connectivity index (χ1n) is 6.86. The van der Waals surface area contributed by atoms with E-state index < -0.39 is 5.82 Å². The lowest BCUT2D eigenvalue weighted by molar-refractivity contribution is 0.0945. The van der Waals surface area contributed by atoms with Crippen LogP contribution in [0.3, 0.4) is 0 Å². The van der Waals surface area contributed by atoms with E-state index in [-0.39, 0.29) is 23.3 Å². The first-order chi connectivity index (χ1) is 9.17. The zero-order valence-electron chi connectivity index (χ0n) is 11.4. The Bertz CT molecular complexity index is 464. The molecule has 0 spiro atoms. The molecule has 5 heteroatoms. The molecular weight excluding hydrogens is 245 g/mol. The molecular formula is C14H20FN3O. The van der Waals surface area contributed by atoms with Crippen molar-refractivity contribution >= 4 is 11.7 Å². The second-order valence-corrected chi connectivity index (χ2v) is 4.93. The number of rotatable bonds is 6. The molecule has 1 aromatic rings. The number of nitrogens with one attached hydrogen (secondary N) is 2. The summed E-state index contributed by atoms with van der Waals surface area (Å²) in [4.78, 5) is 15.9. The summed E-state index contributed by atoms with van der Waals surface area (Å²) in [7, 11) is 0. The summed E-state index contributed by atoms with van der Waals surface area (Å²) in [5.74, 6) is -0.216. The van der Waals surface area contributed by atoms with Crippen molar-refractivity contribution in [2.75, 3.05) is 11.9 Å². The van der Waals surface area contributed by atoms with Crippen LogP contribution in [0.25, 0.3) is 0 Å². The van der Waals surface area contributed by atoms with Gasteiger partial charge in [0.05, 0.1) is 5.56 Å². The Morgan fingerprint density at radius 2 is 2.32 bits per heavy atom. The van der Waals surface area contributed by atoms with E-state index in [2.05, 4.69) is 22.5 Å². The van der Waals surface area contributed by atoms with Crippen molar-refractivity contribution in [1.82, 2.24) is 10.3 Å². The maximum Gasteiger partial charge on any atom is 0.254 e. The first kappa shape index (κ1) is 13.8. The molecule has 4 nitrogen and oxygen atoms in total. The van der Waals surface area contributed by atoms with E-state index in [1.165, 1.54) is 12.3 Å². The van der Waals surface area contributed by atoms with Gasteiger partial charge in [-0.25, -0.2) is 9.37 Å². The number of nitrogens with zero attached hydrogens (tertiary/aromatic N) is 1. The highest BCUT2D eigenvalue weighted by Crippen LogP contribution is 2.33. The van der Waals surface area contributed by atoms with Gasteiger partial charge in [-0.2, -0.15) is 0 Å². The van der Waals surface area contributed by atoms with Crippen molar-refractivity contribution in [1.29, 1.82) is 0 Å². The van der Waals surface area contributed by atoms with Crippen LogP contribution in [0.1, 0.15) is 43.5 Å². The fourth-order valence-corrected chi connectivity index (χ4v) is 2.11. The summed E-state index contributed by atoms with van der Waals surface area (Å²) < 4.78 is 14.1. The van der Waals surface area contributed by atoms with Crippen molar-refractivity contribution in [3.8, 4) is 0 Å². The molecule has 1 amide bonds. The zero-order chi connectivity index (χ0) is 13.8. The SMILES string of the molecule is CCCNc1nccc(C(=O)NC2CC2CC)c1F. The van der Waals surface area contributed by atoms with Crippen molar-refractivity contribution in [2.24, 2.45) is 5.92 Å². The number of anilines is 1. The lowest BCUT2D eigenvalue weighted by Crippen LogP contribution is -2.28. The average Bonchev–Trinajstić information content (AvgIpc) is 3.15. The quantitative estimate of drug-likeness (QED) is 0.831. The third-order valence-electron chi connectivity index (χ3n) is 3.44. The van der Waals surface area contributed by atoms with Crippen LogP contribution in [-0.4, -0.2) is 23.5 Å². The number of hydrogen-bond acceptors (Lipinski definition) is 3. The largest absolute Gasteiger partial charge is 0.368 e. The van der Waals surface area contributed by atoms with Gasteiger partial charge in [0.1, 0.15) is 0 Å². The van der Waals surface area contributed by atoms with Gasteiger partial charge in [-0.3, -0.25) is 4.79 Å². The molecule has 2 rings (SSSR count). The van der Waals surface area contributed by atoms with Crippen LogP contribution in [0.15, 0.2) is 12.3 Å². The Labute approximate surface area is 112 Å². The molecule has 0 bridgehead atoms.